The lowest BCUT2D eigenvalue weighted by Gasteiger charge is -2.08. The minimum absolute atomic E-state index is 0.446. The standard InChI is InChI=1S/C16H11ClIN3/c1-10-7-8-12(19-9-10)16-20-14(13(18)15(17)21-16)11-5-3-2-4-6-11/h2-9H,1H3. The van der Waals surface area contributed by atoms with Crippen molar-refractivity contribution in [1.29, 1.82) is 0 Å². The maximum atomic E-state index is 6.26. The Morgan fingerprint density at radius 2 is 1.76 bits per heavy atom. The van der Waals surface area contributed by atoms with Crippen LogP contribution in [-0.4, -0.2) is 15.0 Å². The first kappa shape index (κ1) is 14.4. The second-order valence-electron chi connectivity index (χ2n) is 4.59. The van der Waals surface area contributed by atoms with Gasteiger partial charge in [-0.2, -0.15) is 0 Å². The molecule has 0 unspecified atom stereocenters. The van der Waals surface area contributed by atoms with Gasteiger partial charge in [0.1, 0.15) is 10.8 Å². The topological polar surface area (TPSA) is 38.7 Å². The summed E-state index contributed by atoms with van der Waals surface area (Å²) in [4.78, 5) is 13.3. The summed E-state index contributed by atoms with van der Waals surface area (Å²) in [5.41, 5.74) is 3.66. The Morgan fingerprint density at radius 3 is 2.43 bits per heavy atom. The first-order chi connectivity index (χ1) is 10.1. The van der Waals surface area contributed by atoms with E-state index in [0.717, 1.165) is 26.1 Å². The minimum atomic E-state index is 0.446. The molecule has 3 nitrogen and oxygen atoms in total. The molecular formula is C16H11ClIN3. The van der Waals surface area contributed by atoms with Crippen molar-refractivity contribution in [2.45, 2.75) is 6.92 Å². The van der Waals surface area contributed by atoms with Crippen molar-refractivity contribution in [2.75, 3.05) is 0 Å². The highest BCUT2D eigenvalue weighted by Gasteiger charge is 2.14. The minimum Gasteiger partial charge on any atom is -0.253 e. The zero-order chi connectivity index (χ0) is 14.8. The number of aryl methyl sites for hydroxylation is 1. The van der Waals surface area contributed by atoms with Crippen molar-refractivity contribution < 1.29 is 0 Å². The van der Waals surface area contributed by atoms with E-state index in [9.17, 15) is 0 Å². The van der Waals surface area contributed by atoms with Gasteiger partial charge in [0.05, 0.1) is 9.26 Å². The Morgan fingerprint density at radius 1 is 1.00 bits per heavy atom. The molecule has 3 rings (SSSR count). The molecule has 3 aromatic rings. The molecule has 0 N–H and O–H groups in total. The molecule has 0 saturated heterocycles. The van der Waals surface area contributed by atoms with Gasteiger partial charge in [-0.1, -0.05) is 48.0 Å². The van der Waals surface area contributed by atoms with Crippen molar-refractivity contribution in [1.82, 2.24) is 15.0 Å². The van der Waals surface area contributed by atoms with E-state index in [4.69, 9.17) is 11.6 Å². The van der Waals surface area contributed by atoms with Crippen LogP contribution in [0.2, 0.25) is 5.15 Å². The fourth-order valence-corrected chi connectivity index (χ4v) is 2.64. The van der Waals surface area contributed by atoms with Crippen LogP contribution in [0.3, 0.4) is 0 Å². The zero-order valence-corrected chi connectivity index (χ0v) is 14.1. The summed E-state index contributed by atoms with van der Waals surface area (Å²) in [6, 6.07) is 13.8. The molecule has 0 saturated carbocycles. The Bertz CT molecular complexity index is 774. The molecule has 0 bridgehead atoms. The van der Waals surface area contributed by atoms with E-state index in [-0.39, 0.29) is 0 Å². The van der Waals surface area contributed by atoms with Crippen LogP contribution in [-0.2, 0) is 0 Å². The number of nitrogens with zero attached hydrogens (tertiary/aromatic N) is 3. The van der Waals surface area contributed by atoms with Gasteiger partial charge in [0.15, 0.2) is 5.82 Å². The Kier molecular flexibility index (Phi) is 4.17. The highest BCUT2D eigenvalue weighted by atomic mass is 127. The smallest absolute Gasteiger partial charge is 0.180 e. The monoisotopic (exact) mass is 407 g/mol. The van der Waals surface area contributed by atoms with Crippen LogP contribution in [0.25, 0.3) is 22.8 Å². The lowest BCUT2D eigenvalue weighted by molar-refractivity contribution is 1.12. The maximum Gasteiger partial charge on any atom is 0.180 e. The first-order valence-corrected chi connectivity index (χ1v) is 7.82. The molecule has 0 aliphatic heterocycles. The van der Waals surface area contributed by atoms with Crippen molar-refractivity contribution >= 4 is 34.2 Å². The van der Waals surface area contributed by atoms with Gasteiger partial charge in [0, 0.05) is 11.8 Å². The van der Waals surface area contributed by atoms with Gasteiger partial charge in [-0.15, -0.1) is 0 Å². The van der Waals surface area contributed by atoms with Crippen LogP contribution in [0.15, 0.2) is 48.7 Å². The van der Waals surface area contributed by atoms with E-state index in [0.29, 0.717) is 11.0 Å². The average Bonchev–Trinajstić information content (AvgIpc) is 2.51. The van der Waals surface area contributed by atoms with Gasteiger partial charge in [-0.05, 0) is 41.1 Å². The van der Waals surface area contributed by atoms with E-state index < -0.39 is 0 Å². The normalized spacial score (nSPS) is 10.6. The van der Waals surface area contributed by atoms with Crippen LogP contribution in [0, 0.1) is 10.5 Å². The third-order valence-electron chi connectivity index (χ3n) is 3.00. The molecule has 5 heteroatoms. The predicted molar refractivity (Wildman–Crippen MR) is 93.2 cm³/mol. The van der Waals surface area contributed by atoms with Gasteiger partial charge in [-0.25, -0.2) is 9.97 Å². The second kappa shape index (κ2) is 6.07. The predicted octanol–water partition coefficient (Wildman–Crippen LogP) is 4.77. The average molecular weight is 408 g/mol. The zero-order valence-electron chi connectivity index (χ0n) is 11.2. The van der Waals surface area contributed by atoms with Gasteiger partial charge >= 0.3 is 0 Å². The number of pyridine rings is 1. The van der Waals surface area contributed by atoms with Gasteiger partial charge in [0.2, 0.25) is 0 Å². The highest BCUT2D eigenvalue weighted by molar-refractivity contribution is 14.1. The third kappa shape index (κ3) is 3.06. The van der Waals surface area contributed by atoms with Gasteiger partial charge in [-0.3, -0.25) is 4.98 Å². The number of benzene rings is 1. The number of hydrogen-bond acceptors (Lipinski definition) is 3. The summed E-state index contributed by atoms with van der Waals surface area (Å²) in [6.45, 7) is 1.99. The van der Waals surface area contributed by atoms with Crippen molar-refractivity contribution in [2.24, 2.45) is 0 Å². The van der Waals surface area contributed by atoms with Crippen LogP contribution in [0.1, 0.15) is 5.56 Å². The maximum absolute atomic E-state index is 6.26. The summed E-state index contributed by atoms with van der Waals surface area (Å²) in [5.74, 6) is 0.541. The summed E-state index contributed by atoms with van der Waals surface area (Å²) in [6.07, 6.45) is 1.80. The van der Waals surface area contributed by atoms with Crippen LogP contribution < -0.4 is 0 Å². The molecule has 104 valence electrons. The third-order valence-corrected chi connectivity index (χ3v) is 4.61. The molecule has 0 amide bonds. The lowest BCUT2D eigenvalue weighted by Crippen LogP contribution is -1.98. The van der Waals surface area contributed by atoms with E-state index in [1.165, 1.54) is 0 Å². The molecule has 0 fully saturated rings. The molecule has 0 aliphatic rings. The number of hydrogen-bond donors (Lipinski definition) is 0. The quantitative estimate of drug-likeness (QED) is 0.454. The summed E-state index contributed by atoms with van der Waals surface area (Å²) >= 11 is 8.44. The summed E-state index contributed by atoms with van der Waals surface area (Å²) < 4.78 is 0.844. The Balaban J connectivity index is 2.16. The van der Waals surface area contributed by atoms with Crippen molar-refractivity contribution in [3.05, 3.63) is 62.9 Å². The first-order valence-electron chi connectivity index (χ1n) is 6.36. The van der Waals surface area contributed by atoms with E-state index in [2.05, 4.69) is 37.5 Å². The molecule has 1 aromatic carbocycles. The Labute approximate surface area is 141 Å². The molecule has 0 radical (unpaired) electrons. The molecule has 2 heterocycles. The Hall–Kier alpha value is -1.53. The summed E-state index contributed by atoms with van der Waals surface area (Å²) in [7, 11) is 0. The fourth-order valence-electron chi connectivity index (χ4n) is 1.92. The number of halogens is 2. The second-order valence-corrected chi connectivity index (χ2v) is 6.02. The SMILES string of the molecule is Cc1ccc(-c2nc(Cl)c(I)c(-c3ccccc3)n2)nc1. The van der Waals surface area contributed by atoms with Crippen LogP contribution in [0.5, 0.6) is 0 Å². The van der Waals surface area contributed by atoms with Crippen LogP contribution >= 0.6 is 34.2 Å². The molecule has 0 atom stereocenters. The van der Waals surface area contributed by atoms with Crippen molar-refractivity contribution in [3.8, 4) is 22.8 Å². The van der Waals surface area contributed by atoms with Gasteiger partial charge in [0.25, 0.3) is 0 Å². The van der Waals surface area contributed by atoms with Crippen LogP contribution in [0.4, 0.5) is 0 Å². The molecule has 0 aliphatic carbocycles. The number of rotatable bonds is 2. The van der Waals surface area contributed by atoms with E-state index >= 15 is 0 Å². The molecular weight excluding hydrogens is 397 g/mol. The molecule has 21 heavy (non-hydrogen) atoms. The summed E-state index contributed by atoms with van der Waals surface area (Å²) in [5, 5.41) is 0.446. The fraction of sp³-hybridized carbons (Fsp3) is 0.0625. The van der Waals surface area contributed by atoms with E-state index in [1.54, 1.807) is 6.20 Å². The molecule has 2 aromatic heterocycles. The largest absolute Gasteiger partial charge is 0.253 e. The number of aromatic nitrogens is 3. The van der Waals surface area contributed by atoms with E-state index in [1.807, 2.05) is 49.4 Å². The van der Waals surface area contributed by atoms with Crippen molar-refractivity contribution in [3.63, 3.8) is 0 Å². The van der Waals surface area contributed by atoms with Gasteiger partial charge < -0.3 is 0 Å². The molecule has 0 spiro atoms. The lowest BCUT2D eigenvalue weighted by atomic mass is 10.1. The highest BCUT2D eigenvalue weighted by Crippen LogP contribution is 2.29.